The lowest BCUT2D eigenvalue weighted by atomic mass is 10.1. The first-order valence-corrected chi connectivity index (χ1v) is 8.45. The Morgan fingerprint density at radius 1 is 1.19 bits per heavy atom. The number of benzene rings is 1. The summed E-state index contributed by atoms with van der Waals surface area (Å²) in [7, 11) is 1.56. The average molecular weight is 349 g/mol. The molecule has 0 bridgehead atoms. The number of nitrogens with zero attached hydrogens (tertiary/aromatic N) is 5. The highest BCUT2D eigenvalue weighted by molar-refractivity contribution is 5.94. The Bertz CT molecular complexity index is 938. The van der Waals surface area contributed by atoms with Crippen molar-refractivity contribution in [2.24, 2.45) is 0 Å². The molecule has 7 heteroatoms. The average Bonchev–Trinajstić information content (AvgIpc) is 3.13. The molecule has 0 fully saturated rings. The van der Waals surface area contributed by atoms with Crippen LogP contribution in [0.4, 0.5) is 0 Å². The number of amides is 1. The number of carbonyl (C=O) groups is 1. The Morgan fingerprint density at radius 3 is 2.77 bits per heavy atom. The summed E-state index contributed by atoms with van der Waals surface area (Å²) in [5, 5.41) is 8.68. The van der Waals surface area contributed by atoms with Gasteiger partial charge in [-0.3, -0.25) is 9.78 Å². The zero-order valence-electron chi connectivity index (χ0n) is 14.7. The van der Waals surface area contributed by atoms with Gasteiger partial charge in [-0.05, 0) is 13.0 Å². The van der Waals surface area contributed by atoms with Crippen molar-refractivity contribution in [1.29, 1.82) is 0 Å². The lowest BCUT2D eigenvalue weighted by molar-refractivity contribution is 0.0681. The second-order valence-corrected chi connectivity index (χ2v) is 6.32. The van der Waals surface area contributed by atoms with Gasteiger partial charge in [0.25, 0.3) is 5.91 Å². The monoisotopic (exact) mass is 349 g/mol. The summed E-state index contributed by atoms with van der Waals surface area (Å²) in [4.78, 5) is 18.7. The Morgan fingerprint density at radius 2 is 2.00 bits per heavy atom. The van der Waals surface area contributed by atoms with Crippen LogP contribution in [0, 0.1) is 0 Å². The van der Waals surface area contributed by atoms with Gasteiger partial charge in [0.15, 0.2) is 11.6 Å². The van der Waals surface area contributed by atoms with E-state index < -0.39 is 0 Å². The second-order valence-electron chi connectivity index (χ2n) is 6.32. The summed E-state index contributed by atoms with van der Waals surface area (Å²) >= 11 is 0. The van der Waals surface area contributed by atoms with Gasteiger partial charge in [0.05, 0.1) is 31.5 Å². The SMILES string of the molecule is COc1cncc(C(=O)N2Cc3nnc(-c4ccccc4)n3[C@@H](C)C2)c1. The zero-order valence-corrected chi connectivity index (χ0v) is 14.7. The Balaban J connectivity index is 1.63. The first kappa shape index (κ1) is 16.3. The molecule has 3 aromatic rings. The molecular formula is C19H19N5O2. The molecule has 3 heterocycles. The first-order valence-electron chi connectivity index (χ1n) is 8.45. The number of carbonyl (C=O) groups excluding carboxylic acids is 1. The van der Waals surface area contributed by atoms with E-state index in [1.165, 1.54) is 0 Å². The van der Waals surface area contributed by atoms with E-state index in [9.17, 15) is 4.79 Å². The Kier molecular flexibility index (Phi) is 4.12. The Labute approximate surface area is 151 Å². The van der Waals surface area contributed by atoms with Crippen LogP contribution in [-0.4, -0.2) is 44.2 Å². The van der Waals surface area contributed by atoms with Gasteiger partial charge in [0.1, 0.15) is 5.75 Å². The molecule has 4 rings (SSSR count). The van der Waals surface area contributed by atoms with E-state index in [-0.39, 0.29) is 11.9 Å². The third kappa shape index (κ3) is 2.81. The molecule has 2 aromatic heterocycles. The maximum atomic E-state index is 12.9. The molecule has 0 unspecified atom stereocenters. The topological polar surface area (TPSA) is 73.1 Å². The molecule has 0 spiro atoms. The minimum Gasteiger partial charge on any atom is -0.495 e. The molecule has 132 valence electrons. The first-order chi connectivity index (χ1) is 12.7. The standard InChI is InChI=1S/C19H19N5O2/c1-13-11-23(19(25)15-8-16(26-2)10-20-9-15)12-17-21-22-18(24(13)17)14-6-4-3-5-7-14/h3-10,13H,11-12H2,1-2H3/t13-/m0/s1. The van der Waals surface area contributed by atoms with E-state index in [0.717, 1.165) is 17.2 Å². The molecule has 1 amide bonds. The summed E-state index contributed by atoms with van der Waals surface area (Å²) in [6.45, 7) is 3.07. The summed E-state index contributed by atoms with van der Waals surface area (Å²) in [6, 6.07) is 11.8. The number of fused-ring (bicyclic) bond motifs is 1. The molecule has 0 saturated heterocycles. The Hall–Kier alpha value is -3.22. The van der Waals surface area contributed by atoms with E-state index in [1.807, 2.05) is 30.3 Å². The van der Waals surface area contributed by atoms with Crippen LogP contribution in [0.2, 0.25) is 0 Å². The highest BCUT2D eigenvalue weighted by atomic mass is 16.5. The van der Waals surface area contributed by atoms with Crippen LogP contribution in [0.3, 0.4) is 0 Å². The number of hydrogen-bond donors (Lipinski definition) is 0. The lowest BCUT2D eigenvalue weighted by Crippen LogP contribution is -2.40. The van der Waals surface area contributed by atoms with Gasteiger partial charge >= 0.3 is 0 Å². The number of rotatable bonds is 3. The molecule has 1 atom stereocenters. The van der Waals surface area contributed by atoms with Gasteiger partial charge < -0.3 is 14.2 Å². The summed E-state index contributed by atoms with van der Waals surface area (Å²) < 4.78 is 7.28. The summed E-state index contributed by atoms with van der Waals surface area (Å²) in [5.41, 5.74) is 1.53. The molecule has 0 saturated carbocycles. The van der Waals surface area contributed by atoms with Crippen molar-refractivity contribution in [3.63, 3.8) is 0 Å². The van der Waals surface area contributed by atoms with E-state index in [4.69, 9.17) is 4.74 Å². The predicted octanol–water partition coefficient (Wildman–Crippen LogP) is 2.57. The third-order valence-corrected chi connectivity index (χ3v) is 4.54. The molecule has 1 aliphatic rings. The van der Waals surface area contributed by atoms with Crippen molar-refractivity contribution in [2.45, 2.75) is 19.5 Å². The van der Waals surface area contributed by atoms with Crippen LogP contribution in [-0.2, 0) is 6.54 Å². The maximum Gasteiger partial charge on any atom is 0.256 e. The van der Waals surface area contributed by atoms with Gasteiger partial charge in [0, 0.05) is 18.3 Å². The molecule has 7 nitrogen and oxygen atoms in total. The highest BCUT2D eigenvalue weighted by Crippen LogP contribution is 2.28. The quantitative estimate of drug-likeness (QED) is 0.727. The van der Waals surface area contributed by atoms with E-state index >= 15 is 0 Å². The van der Waals surface area contributed by atoms with Crippen LogP contribution in [0.5, 0.6) is 5.75 Å². The fourth-order valence-corrected chi connectivity index (χ4v) is 3.30. The smallest absolute Gasteiger partial charge is 0.256 e. The van der Waals surface area contributed by atoms with Crippen LogP contribution >= 0.6 is 0 Å². The number of aromatic nitrogens is 4. The minimum atomic E-state index is -0.0845. The largest absolute Gasteiger partial charge is 0.495 e. The third-order valence-electron chi connectivity index (χ3n) is 4.54. The zero-order chi connectivity index (χ0) is 18.1. The van der Waals surface area contributed by atoms with Crippen LogP contribution in [0.1, 0.15) is 29.1 Å². The molecule has 1 aromatic carbocycles. The normalized spacial score (nSPS) is 16.2. The molecule has 0 aliphatic carbocycles. The van der Waals surface area contributed by atoms with E-state index in [0.29, 0.717) is 24.4 Å². The number of pyridine rings is 1. The van der Waals surface area contributed by atoms with Crippen molar-refractivity contribution in [2.75, 3.05) is 13.7 Å². The maximum absolute atomic E-state index is 12.9. The number of methoxy groups -OCH3 is 1. The second kappa shape index (κ2) is 6.59. The molecule has 26 heavy (non-hydrogen) atoms. The minimum absolute atomic E-state index is 0.0754. The van der Waals surface area contributed by atoms with Gasteiger partial charge in [0.2, 0.25) is 0 Å². The van der Waals surface area contributed by atoms with Crippen molar-refractivity contribution in [1.82, 2.24) is 24.6 Å². The van der Waals surface area contributed by atoms with Gasteiger partial charge in [-0.2, -0.15) is 0 Å². The molecular weight excluding hydrogens is 330 g/mol. The van der Waals surface area contributed by atoms with Crippen molar-refractivity contribution < 1.29 is 9.53 Å². The van der Waals surface area contributed by atoms with E-state index in [1.54, 1.807) is 30.5 Å². The van der Waals surface area contributed by atoms with E-state index in [2.05, 4.69) is 26.7 Å². The fourth-order valence-electron chi connectivity index (χ4n) is 3.30. The molecule has 0 N–H and O–H groups in total. The van der Waals surface area contributed by atoms with Crippen molar-refractivity contribution in [3.8, 4) is 17.1 Å². The lowest BCUT2D eigenvalue weighted by Gasteiger charge is -2.32. The van der Waals surface area contributed by atoms with Gasteiger partial charge in [-0.15, -0.1) is 10.2 Å². The molecule has 1 aliphatic heterocycles. The molecule has 0 radical (unpaired) electrons. The fraction of sp³-hybridized carbons (Fsp3) is 0.263. The summed E-state index contributed by atoms with van der Waals surface area (Å²) in [6.07, 6.45) is 3.14. The predicted molar refractivity (Wildman–Crippen MR) is 95.7 cm³/mol. The van der Waals surface area contributed by atoms with Crippen LogP contribution in [0.15, 0.2) is 48.8 Å². The summed E-state index contributed by atoms with van der Waals surface area (Å²) in [5.74, 6) is 2.10. The number of ether oxygens (including phenoxy) is 1. The van der Waals surface area contributed by atoms with Crippen LogP contribution < -0.4 is 4.74 Å². The van der Waals surface area contributed by atoms with Crippen molar-refractivity contribution >= 4 is 5.91 Å². The van der Waals surface area contributed by atoms with Gasteiger partial charge in [-0.1, -0.05) is 30.3 Å². The highest BCUT2D eigenvalue weighted by Gasteiger charge is 2.30. The van der Waals surface area contributed by atoms with Gasteiger partial charge in [-0.25, -0.2) is 0 Å². The van der Waals surface area contributed by atoms with Crippen LogP contribution in [0.25, 0.3) is 11.4 Å². The number of hydrogen-bond acceptors (Lipinski definition) is 5. The van der Waals surface area contributed by atoms with Crippen molar-refractivity contribution in [3.05, 3.63) is 60.2 Å².